The Morgan fingerprint density at radius 1 is 1.35 bits per heavy atom. The SMILES string of the molecule is CCC[C@@H](O)[C@H]1O[C@@H](n2ccc3c(C)nc(N)nc32)[C@H](O)[C@@H]1O. The van der Waals surface area contributed by atoms with Crippen molar-refractivity contribution in [3.63, 3.8) is 0 Å². The Bertz CT molecular complexity index is 704. The number of aromatic nitrogens is 3. The molecule has 0 unspecified atom stereocenters. The minimum atomic E-state index is -1.17. The number of aliphatic hydroxyl groups is 3. The molecule has 23 heavy (non-hydrogen) atoms. The van der Waals surface area contributed by atoms with Gasteiger partial charge >= 0.3 is 0 Å². The Hall–Kier alpha value is -1.74. The molecule has 8 heteroatoms. The Morgan fingerprint density at radius 2 is 2.09 bits per heavy atom. The second-order valence-corrected chi connectivity index (χ2v) is 5.96. The number of aryl methyl sites for hydroxylation is 1. The number of hydrogen-bond donors (Lipinski definition) is 4. The molecule has 1 saturated heterocycles. The van der Waals surface area contributed by atoms with Crippen LogP contribution in [-0.2, 0) is 4.74 Å². The third-order valence-electron chi connectivity index (χ3n) is 4.29. The number of anilines is 1. The van der Waals surface area contributed by atoms with E-state index in [2.05, 4.69) is 9.97 Å². The summed E-state index contributed by atoms with van der Waals surface area (Å²) in [6.07, 6.45) is -1.90. The molecule has 0 aliphatic carbocycles. The molecule has 3 heterocycles. The van der Waals surface area contributed by atoms with E-state index in [9.17, 15) is 15.3 Å². The second-order valence-electron chi connectivity index (χ2n) is 5.96. The van der Waals surface area contributed by atoms with E-state index < -0.39 is 30.6 Å². The predicted octanol–water partition coefficient (Wildman–Crippen LogP) is 0.102. The third-order valence-corrected chi connectivity index (χ3v) is 4.29. The first-order valence-corrected chi connectivity index (χ1v) is 7.74. The standard InChI is InChI=1S/C15H22N4O4/c1-3-4-9(20)12-10(21)11(22)14(23-12)19-6-5-8-7(2)17-15(16)18-13(8)19/h5-6,9-12,14,20-22H,3-4H2,1-2H3,(H2,16,17,18)/t9-,10+,11-,12-,14-/m1/s1. The number of nitrogens with zero attached hydrogens (tertiary/aromatic N) is 3. The number of rotatable bonds is 4. The lowest BCUT2D eigenvalue weighted by atomic mass is 10.0. The molecule has 1 fully saturated rings. The zero-order valence-corrected chi connectivity index (χ0v) is 13.1. The van der Waals surface area contributed by atoms with E-state index in [4.69, 9.17) is 10.5 Å². The van der Waals surface area contributed by atoms with Crippen LogP contribution < -0.4 is 5.73 Å². The van der Waals surface area contributed by atoms with E-state index in [1.807, 2.05) is 19.9 Å². The van der Waals surface area contributed by atoms with Crippen LogP contribution in [0.3, 0.4) is 0 Å². The first kappa shape index (κ1) is 16.1. The van der Waals surface area contributed by atoms with Gasteiger partial charge in [-0.05, 0) is 19.4 Å². The topological polar surface area (TPSA) is 127 Å². The highest BCUT2D eigenvalue weighted by atomic mass is 16.6. The highest BCUT2D eigenvalue weighted by Crippen LogP contribution is 2.34. The Balaban J connectivity index is 1.96. The molecule has 2 aromatic heterocycles. The van der Waals surface area contributed by atoms with Gasteiger partial charge in [0.05, 0.1) is 11.8 Å². The molecular weight excluding hydrogens is 300 g/mol. The van der Waals surface area contributed by atoms with Crippen molar-refractivity contribution in [3.05, 3.63) is 18.0 Å². The molecule has 2 aromatic rings. The average Bonchev–Trinajstić information content (AvgIpc) is 3.02. The van der Waals surface area contributed by atoms with E-state index in [1.54, 1.807) is 10.8 Å². The van der Waals surface area contributed by atoms with Crippen molar-refractivity contribution in [3.8, 4) is 0 Å². The lowest BCUT2D eigenvalue weighted by Crippen LogP contribution is -2.38. The number of fused-ring (bicyclic) bond motifs is 1. The minimum absolute atomic E-state index is 0.130. The third kappa shape index (κ3) is 2.67. The fourth-order valence-electron chi connectivity index (χ4n) is 3.10. The molecule has 0 saturated carbocycles. The molecule has 1 aliphatic rings. The lowest BCUT2D eigenvalue weighted by Gasteiger charge is -2.20. The quantitative estimate of drug-likeness (QED) is 0.629. The summed E-state index contributed by atoms with van der Waals surface area (Å²) in [5, 5.41) is 31.4. The van der Waals surface area contributed by atoms with Crippen LogP contribution in [0, 0.1) is 6.92 Å². The van der Waals surface area contributed by atoms with Crippen LogP contribution in [0.2, 0.25) is 0 Å². The van der Waals surface area contributed by atoms with E-state index in [1.165, 1.54) is 0 Å². The maximum Gasteiger partial charge on any atom is 0.222 e. The van der Waals surface area contributed by atoms with Crippen molar-refractivity contribution >= 4 is 17.0 Å². The van der Waals surface area contributed by atoms with Crippen LogP contribution in [0.15, 0.2) is 12.3 Å². The molecule has 1 aliphatic heterocycles. The van der Waals surface area contributed by atoms with Gasteiger partial charge in [0.15, 0.2) is 6.23 Å². The number of ether oxygens (including phenoxy) is 1. The highest BCUT2D eigenvalue weighted by molar-refractivity contribution is 5.79. The highest BCUT2D eigenvalue weighted by Gasteiger charge is 2.46. The fourth-order valence-corrected chi connectivity index (χ4v) is 3.10. The second kappa shape index (κ2) is 6.04. The van der Waals surface area contributed by atoms with Gasteiger partial charge in [-0.2, -0.15) is 4.98 Å². The summed E-state index contributed by atoms with van der Waals surface area (Å²) in [5.74, 6) is 0.130. The summed E-state index contributed by atoms with van der Waals surface area (Å²) in [5.41, 5.74) is 6.95. The van der Waals surface area contributed by atoms with Gasteiger partial charge in [-0.15, -0.1) is 0 Å². The molecule has 0 radical (unpaired) electrons. The van der Waals surface area contributed by atoms with E-state index in [-0.39, 0.29) is 5.95 Å². The lowest BCUT2D eigenvalue weighted by molar-refractivity contribution is -0.0853. The summed E-state index contributed by atoms with van der Waals surface area (Å²) in [7, 11) is 0. The van der Waals surface area contributed by atoms with Gasteiger partial charge in [0, 0.05) is 11.6 Å². The molecular formula is C15H22N4O4. The van der Waals surface area contributed by atoms with Gasteiger partial charge in [0.1, 0.15) is 24.0 Å². The number of nitrogens with two attached hydrogens (primary N) is 1. The first-order chi connectivity index (χ1) is 10.9. The monoisotopic (exact) mass is 322 g/mol. The van der Waals surface area contributed by atoms with Crippen LogP contribution in [0.4, 0.5) is 5.95 Å². The maximum absolute atomic E-state index is 10.3. The summed E-state index contributed by atoms with van der Waals surface area (Å²) in [6.45, 7) is 3.75. The van der Waals surface area contributed by atoms with Crippen molar-refractivity contribution in [2.75, 3.05) is 5.73 Å². The molecule has 5 N–H and O–H groups in total. The summed E-state index contributed by atoms with van der Waals surface area (Å²) in [4.78, 5) is 8.30. The van der Waals surface area contributed by atoms with Crippen molar-refractivity contribution < 1.29 is 20.1 Å². The summed E-state index contributed by atoms with van der Waals surface area (Å²) in [6, 6.07) is 1.81. The zero-order chi connectivity index (χ0) is 16.7. The number of nitrogen functional groups attached to an aromatic ring is 1. The molecule has 0 spiro atoms. The normalized spacial score (nSPS) is 29.3. The van der Waals surface area contributed by atoms with Crippen LogP contribution in [-0.4, -0.2) is 54.3 Å². The van der Waals surface area contributed by atoms with Crippen LogP contribution in [0.5, 0.6) is 0 Å². The van der Waals surface area contributed by atoms with Crippen molar-refractivity contribution in [1.29, 1.82) is 0 Å². The molecule has 8 nitrogen and oxygen atoms in total. The smallest absolute Gasteiger partial charge is 0.222 e. The van der Waals surface area contributed by atoms with Gasteiger partial charge in [0.2, 0.25) is 5.95 Å². The van der Waals surface area contributed by atoms with Crippen molar-refractivity contribution in [2.24, 2.45) is 0 Å². The largest absolute Gasteiger partial charge is 0.390 e. The van der Waals surface area contributed by atoms with E-state index in [0.717, 1.165) is 17.5 Å². The van der Waals surface area contributed by atoms with Crippen LogP contribution in [0.25, 0.3) is 11.0 Å². The van der Waals surface area contributed by atoms with Gasteiger partial charge in [-0.25, -0.2) is 4.98 Å². The van der Waals surface area contributed by atoms with Crippen LogP contribution >= 0.6 is 0 Å². The Kier molecular flexibility index (Phi) is 4.24. The van der Waals surface area contributed by atoms with Crippen LogP contribution in [0.1, 0.15) is 31.7 Å². The Morgan fingerprint density at radius 3 is 2.78 bits per heavy atom. The van der Waals surface area contributed by atoms with Gasteiger partial charge in [-0.1, -0.05) is 13.3 Å². The summed E-state index contributed by atoms with van der Waals surface area (Å²) >= 11 is 0. The molecule has 126 valence electrons. The van der Waals surface area contributed by atoms with Crippen molar-refractivity contribution in [1.82, 2.24) is 14.5 Å². The van der Waals surface area contributed by atoms with E-state index >= 15 is 0 Å². The van der Waals surface area contributed by atoms with Crippen molar-refractivity contribution in [2.45, 2.75) is 57.3 Å². The molecule has 0 bridgehead atoms. The van der Waals surface area contributed by atoms with Gasteiger partial charge < -0.3 is 30.4 Å². The average molecular weight is 322 g/mol. The molecule has 0 amide bonds. The fraction of sp³-hybridized carbons (Fsp3) is 0.600. The number of hydrogen-bond acceptors (Lipinski definition) is 7. The minimum Gasteiger partial charge on any atom is -0.390 e. The predicted molar refractivity (Wildman–Crippen MR) is 83.5 cm³/mol. The molecule has 3 rings (SSSR count). The zero-order valence-electron chi connectivity index (χ0n) is 13.1. The maximum atomic E-state index is 10.3. The Labute approximate surface area is 133 Å². The van der Waals surface area contributed by atoms with E-state index in [0.29, 0.717) is 12.1 Å². The summed E-state index contributed by atoms with van der Waals surface area (Å²) < 4.78 is 7.36. The molecule has 5 atom stereocenters. The molecule has 0 aromatic carbocycles. The first-order valence-electron chi connectivity index (χ1n) is 7.74. The number of aliphatic hydroxyl groups excluding tert-OH is 3. The van der Waals surface area contributed by atoms with Gasteiger partial charge in [-0.3, -0.25) is 0 Å². The van der Waals surface area contributed by atoms with Gasteiger partial charge in [0.25, 0.3) is 0 Å².